The van der Waals surface area contributed by atoms with E-state index in [1.165, 1.54) is 12.0 Å². The van der Waals surface area contributed by atoms with Gasteiger partial charge in [0.1, 0.15) is 37.4 Å². The van der Waals surface area contributed by atoms with E-state index in [1.807, 2.05) is 18.2 Å². The number of ether oxygens (including phenoxy) is 2. The van der Waals surface area contributed by atoms with Gasteiger partial charge in [0, 0.05) is 18.5 Å². The van der Waals surface area contributed by atoms with Crippen LogP contribution in [0.3, 0.4) is 0 Å². The van der Waals surface area contributed by atoms with Crippen LogP contribution in [0.4, 0.5) is 0 Å². The molecule has 1 aliphatic heterocycles. The number of likely N-dealkylation sites (tertiary alicyclic amines) is 1. The number of methoxy groups -OCH3 is 1. The van der Waals surface area contributed by atoms with E-state index in [1.54, 1.807) is 43.5 Å². The van der Waals surface area contributed by atoms with Gasteiger partial charge >= 0.3 is 0 Å². The van der Waals surface area contributed by atoms with Crippen LogP contribution in [-0.4, -0.2) is 73.6 Å². The number of hydrogen-bond donors (Lipinski definition) is 2. The van der Waals surface area contributed by atoms with Crippen LogP contribution in [0.2, 0.25) is 0 Å². The summed E-state index contributed by atoms with van der Waals surface area (Å²) in [4.78, 5) is 33.0. The second kappa shape index (κ2) is 13.1. The molecule has 9 heteroatoms. The predicted molar refractivity (Wildman–Crippen MR) is 153 cm³/mol. The molecule has 3 aromatic rings. The number of oxime groups is 1. The summed E-state index contributed by atoms with van der Waals surface area (Å²) in [5.41, 5.74) is 5.55. The Kier molecular flexibility index (Phi) is 9.39. The average Bonchev–Trinajstić information content (AvgIpc) is 3.39. The lowest BCUT2D eigenvalue weighted by molar-refractivity contribution is -0.125. The fourth-order valence-electron chi connectivity index (χ4n) is 4.82. The third-order valence-corrected chi connectivity index (χ3v) is 6.86. The smallest absolute Gasteiger partial charge is 0.254 e. The second-order valence-corrected chi connectivity index (χ2v) is 9.72. The Hall–Kier alpha value is -4.37. The van der Waals surface area contributed by atoms with Crippen molar-refractivity contribution in [3.05, 3.63) is 83.4 Å². The zero-order valence-corrected chi connectivity index (χ0v) is 23.2. The lowest BCUT2D eigenvalue weighted by atomic mass is 9.95. The highest BCUT2D eigenvalue weighted by Gasteiger charge is 2.38. The van der Waals surface area contributed by atoms with Gasteiger partial charge in [0.05, 0.1) is 19.4 Å². The topological polar surface area (TPSA) is 110 Å². The van der Waals surface area contributed by atoms with Gasteiger partial charge in [0.15, 0.2) is 0 Å². The fourth-order valence-corrected chi connectivity index (χ4v) is 4.82. The molecule has 0 aromatic heterocycles. The minimum absolute atomic E-state index is 0.0109. The van der Waals surface area contributed by atoms with Gasteiger partial charge in [-0.05, 0) is 72.5 Å². The Morgan fingerprint density at radius 2 is 1.65 bits per heavy atom. The van der Waals surface area contributed by atoms with E-state index in [2.05, 4.69) is 36.5 Å². The molecule has 2 atom stereocenters. The summed E-state index contributed by atoms with van der Waals surface area (Å²) in [6.45, 7) is 4.26. The number of aliphatic hydroxyl groups excluding tert-OH is 1. The van der Waals surface area contributed by atoms with Gasteiger partial charge in [-0.3, -0.25) is 9.59 Å². The monoisotopic (exact) mass is 545 g/mol. The van der Waals surface area contributed by atoms with E-state index in [9.17, 15) is 14.7 Å². The number of carbonyl (C=O) groups excluding carboxylic acids is 2. The van der Waals surface area contributed by atoms with Gasteiger partial charge < -0.3 is 29.6 Å². The molecule has 1 unspecified atom stereocenters. The Bertz CT molecular complexity index is 1330. The molecule has 1 fully saturated rings. The van der Waals surface area contributed by atoms with Gasteiger partial charge in [-0.2, -0.15) is 0 Å². The number of amides is 2. The standard InChI is InChI=1S/C31H35N3O6/c1-20-6-5-7-21(2)29(20)22-8-10-23(11-9-22)31(37)34-18-24(33-39-4)16-28(34)30(36)32-17-25(35)19-40-27-14-12-26(38-3)13-15-27/h5-15,25,28,35H,16-19H2,1-4H3,(H,32,36)/t25?,28-/m0/s1. The first-order chi connectivity index (χ1) is 19.3. The van der Waals surface area contributed by atoms with Crippen LogP contribution in [0.15, 0.2) is 71.9 Å². The molecule has 2 N–H and O–H groups in total. The van der Waals surface area contributed by atoms with Crippen LogP contribution in [0.25, 0.3) is 11.1 Å². The fraction of sp³-hybridized carbons (Fsp3) is 0.323. The summed E-state index contributed by atoms with van der Waals surface area (Å²) in [5, 5.41) is 17.1. The van der Waals surface area contributed by atoms with Crippen molar-refractivity contribution in [1.82, 2.24) is 10.2 Å². The Morgan fingerprint density at radius 3 is 2.27 bits per heavy atom. The maximum Gasteiger partial charge on any atom is 0.254 e. The summed E-state index contributed by atoms with van der Waals surface area (Å²) in [6, 6.07) is 19.8. The first-order valence-corrected chi connectivity index (χ1v) is 13.1. The van der Waals surface area contributed by atoms with E-state index < -0.39 is 12.1 Å². The molecule has 210 valence electrons. The van der Waals surface area contributed by atoms with Crippen molar-refractivity contribution in [2.45, 2.75) is 32.4 Å². The number of rotatable bonds is 10. The molecule has 9 nitrogen and oxygen atoms in total. The molecule has 0 saturated carbocycles. The highest BCUT2D eigenvalue weighted by atomic mass is 16.6. The van der Waals surface area contributed by atoms with Gasteiger partial charge in [-0.15, -0.1) is 0 Å². The van der Waals surface area contributed by atoms with Crippen molar-refractivity contribution in [2.24, 2.45) is 5.16 Å². The second-order valence-electron chi connectivity index (χ2n) is 9.72. The highest BCUT2D eigenvalue weighted by molar-refractivity contribution is 6.05. The number of nitrogens with one attached hydrogen (secondary N) is 1. The Labute approximate surface area is 234 Å². The molecular weight excluding hydrogens is 510 g/mol. The van der Waals surface area contributed by atoms with Gasteiger partial charge in [-0.1, -0.05) is 35.5 Å². The molecule has 2 amide bonds. The maximum absolute atomic E-state index is 13.5. The average molecular weight is 546 g/mol. The number of nitrogens with zero attached hydrogens (tertiary/aromatic N) is 2. The van der Waals surface area contributed by atoms with Crippen LogP contribution in [0.1, 0.15) is 27.9 Å². The van der Waals surface area contributed by atoms with Crippen LogP contribution in [0.5, 0.6) is 11.5 Å². The first-order valence-electron chi connectivity index (χ1n) is 13.1. The van der Waals surface area contributed by atoms with Crippen molar-refractivity contribution in [2.75, 3.05) is 33.9 Å². The molecule has 1 aliphatic rings. The first kappa shape index (κ1) is 28.6. The molecule has 0 radical (unpaired) electrons. The van der Waals surface area contributed by atoms with Crippen LogP contribution in [-0.2, 0) is 9.63 Å². The number of benzene rings is 3. The quantitative estimate of drug-likeness (QED) is 0.376. The third-order valence-electron chi connectivity index (χ3n) is 6.86. The Balaban J connectivity index is 1.40. The SMILES string of the molecule is CON=C1C[C@@H](C(=O)NCC(O)COc2ccc(OC)cc2)N(C(=O)c2ccc(-c3c(C)cccc3C)cc2)C1. The van der Waals surface area contributed by atoms with E-state index in [0.29, 0.717) is 22.8 Å². The minimum Gasteiger partial charge on any atom is -0.497 e. The van der Waals surface area contributed by atoms with E-state index in [-0.39, 0.29) is 37.9 Å². The van der Waals surface area contributed by atoms with Crippen LogP contribution < -0.4 is 14.8 Å². The predicted octanol–water partition coefficient (Wildman–Crippen LogP) is 3.75. The highest BCUT2D eigenvalue weighted by Crippen LogP contribution is 2.28. The summed E-state index contributed by atoms with van der Waals surface area (Å²) in [6.07, 6.45) is -0.703. The zero-order chi connectivity index (χ0) is 28.6. The molecule has 3 aromatic carbocycles. The summed E-state index contributed by atoms with van der Waals surface area (Å²) in [7, 11) is 3.01. The summed E-state index contributed by atoms with van der Waals surface area (Å²) < 4.78 is 10.7. The van der Waals surface area contributed by atoms with Gasteiger partial charge in [0.25, 0.3) is 5.91 Å². The Morgan fingerprint density at radius 1 is 1.00 bits per heavy atom. The molecule has 0 bridgehead atoms. The molecule has 1 heterocycles. The zero-order valence-electron chi connectivity index (χ0n) is 23.2. The number of hydrogen-bond acceptors (Lipinski definition) is 7. The molecule has 0 spiro atoms. The molecule has 4 rings (SSSR count). The van der Waals surface area contributed by atoms with Crippen molar-refractivity contribution >= 4 is 17.5 Å². The van der Waals surface area contributed by atoms with Crippen molar-refractivity contribution in [3.63, 3.8) is 0 Å². The van der Waals surface area contributed by atoms with Crippen LogP contribution >= 0.6 is 0 Å². The lowest BCUT2D eigenvalue weighted by Crippen LogP contribution is -2.48. The number of carbonyl (C=O) groups is 2. The van der Waals surface area contributed by atoms with E-state index in [4.69, 9.17) is 14.3 Å². The van der Waals surface area contributed by atoms with Crippen molar-refractivity contribution in [3.8, 4) is 22.6 Å². The van der Waals surface area contributed by atoms with E-state index >= 15 is 0 Å². The normalized spacial score (nSPS) is 16.5. The van der Waals surface area contributed by atoms with Crippen LogP contribution in [0, 0.1) is 13.8 Å². The third kappa shape index (κ3) is 6.79. The lowest BCUT2D eigenvalue weighted by Gasteiger charge is -2.24. The number of aliphatic hydroxyl groups is 1. The van der Waals surface area contributed by atoms with Gasteiger partial charge in [0.2, 0.25) is 5.91 Å². The molecule has 40 heavy (non-hydrogen) atoms. The molecule has 1 saturated heterocycles. The number of aryl methyl sites for hydroxylation is 2. The summed E-state index contributed by atoms with van der Waals surface area (Å²) in [5.74, 6) is 0.607. The van der Waals surface area contributed by atoms with E-state index in [0.717, 1.165) is 22.3 Å². The maximum atomic E-state index is 13.5. The van der Waals surface area contributed by atoms with Gasteiger partial charge in [-0.25, -0.2) is 0 Å². The van der Waals surface area contributed by atoms with Crippen molar-refractivity contribution in [1.29, 1.82) is 0 Å². The molecular formula is C31H35N3O6. The van der Waals surface area contributed by atoms with Crippen molar-refractivity contribution < 1.29 is 29.0 Å². The largest absolute Gasteiger partial charge is 0.497 e. The summed E-state index contributed by atoms with van der Waals surface area (Å²) >= 11 is 0. The minimum atomic E-state index is -0.943. The molecule has 0 aliphatic carbocycles.